The van der Waals surface area contributed by atoms with Gasteiger partial charge in [-0.3, -0.25) is 4.79 Å². The van der Waals surface area contributed by atoms with E-state index in [0.717, 1.165) is 0 Å². The normalized spacial score (nSPS) is 12.8. The van der Waals surface area contributed by atoms with Gasteiger partial charge < -0.3 is 11.5 Å². The fourth-order valence-corrected chi connectivity index (χ4v) is 2.50. The molecule has 0 radical (unpaired) electrons. The van der Waals surface area contributed by atoms with Crippen LogP contribution < -0.4 is 11.5 Å². The zero-order valence-electron chi connectivity index (χ0n) is 9.37. The average Bonchev–Trinajstić information content (AvgIpc) is 2.36. The largest absolute Gasteiger partial charge is 0.368 e. The van der Waals surface area contributed by atoms with Crippen LogP contribution in [0.3, 0.4) is 0 Å². The average molecular weight is 264 g/mol. The number of hydrogen-bond acceptors (Lipinski definition) is 4. The van der Waals surface area contributed by atoms with Crippen LogP contribution in [0, 0.1) is 0 Å². The van der Waals surface area contributed by atoms with Gasteiger partial charge in [0.1, 0.15) is 6.04 Å². The van der Waals surface area contributed by atoms with E-state index in [1.807, 2.05) is 0 Å². The molecular formula is C12H12N2O3S. The molecule has 2 aromatic carbocycles. The van der Waals surface area contributed by atoms with Gasteiger partial charge in [-0.1, -0.05) is 30.3 Å². The molecular weight excluding hydrogens is 252 g/mol. The Balaban J connectivity index is 2.79. The molecule has 1 amide bonds. The lowest BCUT2D eigenvalue weighted by Crippen LogP contribution is -2.28. The molecule has 0 fully saturated rings. The van der Waals surface area contributed by atoms with Gasteiger partial charge in [-0.2, -0.15) is 0 Å². The first kappa shape index (κ1) is 12.5. The summed E-state index contributed by atoms with van der Waals surface area (Å²) in [6.45, 7) is 0. The molecule has 1 atom stereocenters. The molecule has 0 saturated heterocycles. The number of rotatable bonds is 3. The highest BCUT2D eigenvalue weighted by molar-refractivity contribution is 7.72. The SMILES string of the molecule is NC(=O)C(N)c1cccc2c([SH](=O)=O)cccc12. The molecule has 0 spiro atoms. The molecule has 5 nitrogen and oxygen atoms in total. The molecule has 1 unspecified atom stereocenters. The Morgan fingerprint density at radius 3 is 2.28 bits per heavy atom. The van der Waals surface area contributed by atoms with E-state index in [-0.39, 0.29) is 4.90 Å². The van der Waals surface area contributed by atoms with Crippen LogP contribution in [0.4, 0.5) is 0 Å². The number of amides is 1. The van der Waals surface area contributed by atoms with E-state index in [1.165, 1.54) is 6.07 Å². The molecule has 0 heterocycles. The second kappa shape index (κ2) is 4.75. The second-order valence-electron chi connectivity index (χ2n) is 3.86. The Morgan fingerprint density at radius 2 is 1.67 bits per heavy atom. The van der Waals surface area contributed by atoms with E-state index in [0.29, 0.717) is 16.3 Å². The van der Waals surface area contributed by atoms with Crippen LogP contribution in [0.15, 0.2) is 41.3 Å². The summed E-state index contributed by atoms with van der Waals surface area (Å²) < 4.78 is 22.3. The Labute approximate surface area is 105 Å². The number of benzene rings is 2. The van der Waals surface area contributed by atoms with Crippen molar-refractivity contribution in [2.75, 3.05) is 0 Å². The third-order valence-corrected chi connectivity index (χ3v) is 3.55. The Bertz CT molecular complexity index is 687. The maximum absolute atomic E-state index is 11.1. The number of primary amides is 1. The first-order valence-corrected chi connectivity index (χ1v) is 6.41. The minimum absolute atomic E-state index is 0.209. The Kier molecular flexibility index (Phi) is 3.31. The van der Waals surface area contributed by atoms with Crippen LogP contribution in [-0.2, 0) is 15.5 Å². The fourth-order valence-electron chi connectivity index (χ4n) is 1.90. The molecule has 0 aliphatic carbocycles. The zero-order chi connectivity index (χ0) is 13.3. The van der Waals surface area contributed by atoms with Gasteiger partial charge >= 0.3 is 0 Å². The molecule has 4 N–H and O–H groups in total. The lowest BCUT2D eigenvalue weighted by atomic mass is 9.99. The molecule has 94 valence electrons. The van der Waals surface area contributed by atoms with Gasteiger partial charge in [0.25, 0.3) is 0 Å². The summed E-state index contributed by atoms with van der Waals surface area (Å²) in [5, 5.41) is 1.17. The van der Waals surface area contributed by atoms with Gasteiger partial charge in [0.05, 0.1) is 4.90 Å². The van der Waals surface area contributed by atoms with Crippen molar-refractivity contribution in [2.45, 2.75) is 10.9 Å². The summed E-state index contributed by atoms with van der Waals surface area (Å²) >= 11 is 0. The van der Waals surface area contributed by atoms with Crippen LogP contribution in [-0.4, -0.2) is 14.3 Å². The number of thiol groups is 1. The summed E-state index contributed by atoms with van der Waals surface area (Å²) in [7, 11) is -2.70. The van der Waals surface area contributed by atoms with Gasteiger partial charge in [0.2, 0.25) is 5.91 Å². The summed E-state index contributed by atoms with van der Waals surface area (Å²) in [6.07, 6.45) is 0. The van der Waals surface area contributed by atoms with E-state index in [9.17, 15) is 13.2 Å². The molecule has 2 aromatic rings. The lowest BCUT2D eigenvalue weighted by molar-refractivity contribution is -0.119. The highest BCUT2D eigenvalue weighted by Crippen LogP contribution is 2.26. The van der Waals surface area contributed by atoms with Crippen molar-refractivity contribution in [1.82, 2.24) is 0 Å². The third kappa shape index (κ3) is 2.07. The van der Waals surface area contributed by atoms with Crippen LogP contribution in [0.5, 0.6) is 0 Å². The number of fused-ring (bicyclic) bond motifs is 1. The standard InChI is InChI=1S/C12H12N2O3S/c13-11(12(14)15)9-5-1-4-8-7(9)3-2-6-10(8)18(16)17/h1-6,11,18H,13H2,(H2,14,15). The Hall–Kier alpha value is -1.92. The molecule has 0 bridgehead atoms. The summed E-state index contributed by atoms with van der Waals surface area (Å²) in [5.74, 6) is -0.653. The third-order valence-electron chi connectivity index (χ3n) is 2.77. The Morgan fingerprint density at radius 1 is 1.06 bits per heavy atom. The molecule has 0 aliphatic rings. The van der Waals surface area contributed by atoms with Gasteiger partial charge in [0, 0.05) is 5.39 Å². The molecule has 18 heavy (non-hydrogen) atoms. The minimum Gasteiger partial charge on any atom is -0.368 e. The van der Waals surface area contributed by atoms with E-state index < -0.39 is 22.7 Å². The first-order valence-electron chi connectivity index (χ1n) is 5.23. The van der Waals surface area contributed by atoms with Crippen molar-refractivity contribution >= 4 is 27.4 Å². The maximum atomic E-state index is 11.1. The van der Waals surface area contributed by atoms with Gasteiger partial charge in [-0.25, -0.2) is 8.42 Å². The number of carbonyl (C=O) groups excluding carboxylic acids is 1. The quantitative estimate of drug-likeness (QED) is 0.693. The van der Waals surface area contributed by atoms with E-state index in [2.05, 4.69) is 0 Å². The van der Waals surface area contributed by atoms with Gasteiger partial charge in [-0.15, -0.1) is 0 Å². The fraction of sp³-hybridized carbons (Fsp3) is 0.0833. The number of hydrogen-bond donors (Lipinski definition) is 3. The first-order chi connectivity index (χ1) is 8.52. The maximum Gasteiger partial charge on any atom is 0.238 e. The highest BCUT2D eigenvalue weighted by atomic mass is 32.2. The van der Waals surface area contributed by atoms with Gasteiger partial charge in [-0.05, 0) is 17.0 Å². The lowest BCUT2D eigenvalue weighted by Gasteiger charge is -2.12. The number of carbonyl (C=O) groups is 1. The van der Waals surface area contributed by atoms with Crippen molar-refractivity contribution < 1.29 is 13.2 Å². The highest BCUT2D eigenvalue weighted by Gasteiger charge is 2.16. The molecule has 2 rings (SSSR count). The van der Waals surface area contributed by atoms with E-state index in [1.54, 1.807) is 30.3 Å². The monoisotopic (exact) mass is 264 g/mol. The van der Waals surface area contributed by atoms with Crippen LogP contribution in [0.2, 0.25) is 0 Å². The van der Waals surface area contributed by atoms with Crippen molar-refractivity contribution in [3.05, 3.63) is 42.0 Å². The summed E-state index contributed by atoms with van der Waals surface area (Å²) in [6, 6.07) is 8.88. The second-order valence-corrected chi connectivity index (χ2v) is 4.85. The molecule has 0 aromatic heterocycles. The van der Waals surface area contributed by atoms with E-state index >= 15 is 0 Å². The van der Waals surface area contributed by atoms with Crippen molar-refractivity contribution in [1.29, 1.82) is 0 Å². The summed E-state index contributed by atoms with van der Waals surface area (Å²) in [5.41, 5.74) is 11.4. The van der Waals surface area contributed by atoms with Crippen molar-refractivity contribution in [3.63, 3.8) is 0 Å². The van der Waals surface area contributed by atoms with E-state index in [4.69, 9.17) is 11.5 Å². The number of nitrogens with two attached hydrogens (primary N) is 2. The zero-order valence-corrected chi connectivity index (χ0v) is 10.3. The van der Waals surface area contributed by atoms with Crippen LogP contribution >= 0.6 is 0 Å². The van der Waals surface area contributed by atoms with Gasteiger partial charge in [0.15, 0.2) is 10.7 Å². The van der Waals surface area contributed by atoms with Crippen LogP contribution in [0.25, 0.3) is 10.8 Å². The smallest absolute Gasteiger partial charge is 0.238 e. The van der Waals surface area contributed by atoms with Crippen molar-refractivity contribution in [3.8, 4) is 0 Å². The molecule has 0 saturated carbocycles. The van der Waals surface area contributed by atoms with Crippen LogP contribution in [0.1, 0.15) is 11.6 Å². The molecule has 6 heteroatoms. The topological polar surface area (TPSA) is 103 Å². The minimum atomic E-state index is -2.70. The predicted molar refractivity (Wildman–Crippen MR) is 68.7 cm³/mol. The predicted octanol–water partition coefficient (Wildman–Crippen LogP) is 0.295. The molecule has 0 aliphatic heterocycles. The summed E-state index contributed by atoms with van der Waals surface area (Å²) in [4.78, 5) is 11.3. The van der Waals surface area contributed by atoms with Crippen molar-refractivity contribution in [2.24, 2.45) is 11.5 Å².